The molecular weight excluding hydrogens is 140 g/mol. The van der Waals surface area contributed by atoms with Crippen LogP contribution in [-0.4, -0.2) is 17.0 Å². The van der Waals surface area contributed by atoms with Crippen LogP contribution < -0.4 is 0 Å². The molecule has 1 radical (unpaired) electrons. The molecule has 2 nitrogen and oxygen atoms in total. The average molecular weight is 157 g/mol. The second-order valence-corrected chi connectivity index (χ2v) is 2.85. The Bertz CT molecular complexity index is 110. The highest BCUT2D eigenvalue weighted by Gasteiger charge is 2.05. The smallest absolute Gasteiger partial charge is 0.132 e. The molecule has 1 unspecified atom stereocenters. The molecular formula is C9H17O2. The molecule has 0 aromatic heterocycles. The number of hydrogen-bond donors (Lipinski definition) is 1. The molecule has 0 aliphatic heterocycles. The Morgan fingerprint density at radius 3 is 2.73 bits per heavy atom. The van der Waals surface area contributed by atoms with Crippen LogP contribution in [0.5, 0.6) is 0 Å². The lowest BCUT2D eigenvalue weighted by molar-refractivity contribution is -0.118. The highest BCUT2D eigenvalue weighted by molar-refractivity contribution is 5.76. The summed E-state index contributed by atoms with van der Waals surface area (Å²) in [6, 6.07) is 0. The first-order valence-electron chi connectivity index (χ1n) is 4.17. The Morgan fingerprint density at radius 2 is 2.27 bits per heavy atom. The third-order valence-electron chi connectivity index (χ3n) is 1.49. The van der Waals surface area contributed by atoms with Crippen molar-refractivity contribution in [2.45, 2.75) is 45.6 Å². The van der Waals surface area contributed by atoms with E-state index in [9.17, 15) is 4.79 Å². The molecule has 0 spiro atoms. The molecule has 1 N–H and O–H groups in total. The molecule has 11 heavy (non-hydrogen) atoms. The molecule has 65 valence electrons. The number of aliphatic hydroxyl groups is 1. The highest BCUT2D eigenvalue weighted by atomic mass is 16.3. The summed E-state index contributed by atoms with van der Waals surface area (Å²) >= 11 is 0. The topological polar surface area (TPSA) is 37.3 Å². The molecule has 2 heteroatoms. The Kier molecular flexibility index (Phi) is 6.13. The van der Waals surface area contributed by atoms with Gasteiger partial charge in [-0.2, -0.15) is 0 Å². The number of carbonyl (C=O) groups is 1. The summed E-state index contributed by atoms with van der Waals surface area (Å²) < 4.78 is 0. The first-order chi connectivity index (χ1) is 5.16. The van der Waals surface area contributed by atoms with Crippen molar-refractivity contribution in [3.05, 3.63) is 6.42 Å². The van der Waals surface area contributed by atoms with Gasteiger partial charge in [0.25, 0.3) is 0 Å². The van der Waals surface area contributed by atoms with Crippen molar-refractivity contribution >= 4 is 5.78 Å². The predicted molar refractivity (Wildman–Crippen MR) is 45.1 cm³/mol. The van der Waals surface area contributed by atoms with Crippen LogP contribution in [0.25, 0.3) is 0 Å². The van der Waals surface area contributed by atoms with Crippen molar-refractivity contribution in [3.63, 3.8) is 0 Å². The molecule has 0 fully saturated rings. The van der Waals surface area contributed by atoms with Crippen LogP contribution in [0.2, 0.25) is 0 Å². The van der Waals surface area contributed by atoms with E-state index < -0.39 is 6.10 Å². The maximum atomic E-state index is 10.5. The molecule has 0 aliphatic rings. The first-order valence-corrected chi connectivity index (χ1v) is 4.17. The van der Waals surface area contributed by atoms with E-state index in [4.69, 9.17) is 5.11 Å². The summed E-state index contributed by atoms with van der Waals surface area (Å²) in [4.78, 5) is 10.5. The second kappa shape index (κ2) is 6.35. The molecule has 0 heterocycles. The van der Waals surface area contributed by atoms with E-state index in [1.807, 2.05) is 6.42 Å². The van der Waals surface area contributed by atoms with Gasteiger partial charge in [-0.15, -0.1) is 0 Å². The lowest BCUT2D eigenvalue weighted by Gasteiger charge is -2.06. The number of carbonyl (C=O) groups excluding carboxylic acids is 1. The van der Waals surface area contributed by atoms with Gasteiger partial charge in [0.15, 0.2) is 0 Å². The van der Waals surface area contributed by atoms with Gasteiger partial charge < -0.3 is 5.11 Å². The monoisotopic (exact) mass is 157 g/mol. The zero-order valence-corrected chi connectivity index (χ0v) is 7.34. The fourth-order valence-corrected chi connectivity index (χ4v) is 0.892. The largest absolute Gasteiger partial charge is 0.392 e. The van der Waals surface area contributed by atoms with Gasteiger partial charge in [0.05, 0.1) is 6.10 Å². The maximum absolute atomic E-state index is 10.5. The summed E-state index contributed by atoms with van der Waals surface area (Å²) in [6.45, 7) is 3.60. The van der Waals surface area contributed by atoms with Gasteiger partial charge >= 0.3 is 0 Å². The first kappa shape index (κ1) is 10.6. The summed E-state index contributed by atoms with van der Waals surface area (Å²) in [7, 11) is 0. The summed E-state index contributed by atoms with van der Waals surface area (Å²) in [5.41, 5.74) is 0. The van der Waals surface area contributed by atoms with Crippen LogP contribution in [0, 0.1) is 6.42 Å². The molecule has 0 bridgehead atoms. The van der Waals surface area contributed by atoms with Crippen LogP contribution in [0.3, 0.4) is 0 Å². The molecule has 0 amide bonds. The predicted octanol–water partition coefficient (Wildman–Crippen LogP) is 1.72. The SMILES string of the molecule is CCCC[CH]C(O)CC(C)=O. The molecule has 0 saturated heterocycles. The zero-order chi connectivity index (χ0) is 8.69. The van der Waals surface area contributed by atoms with Crippen LogP contribution in [0.4, 0.5) is 0 Å². The number of rotatable bonds is 6. The van der Waals surface area contributed by atoms with E-state index in [-0.39, 0.29) is 12.2 Å². The van der Waals surface area contributed by atoms with E-state index in [1.54, 1.807) is 0 Å². The van der Waals surface area contributed by atoms with Gasteiger partial charge in [0.1, 0.15) is 5.78 Å². The molecule has 0 saturated carbocycles. The van der Waals surface area contributed by atoms with Crippen LogP contribution in [-0.2, 0) is 4.79 Å². The van der Waals surface area contributed by atoms with Crippen LogP contribution >= 0.6 is 0 Å². The lowest BCUT2D eigenvalue weighted by Crippen LogP contribution is -2.11. The van der Waals surface area contributed by atoms with E-state index in [1.165, 1.54) is 6.92 Å². The van der Waals surface area contributed by atoms with Gasteiger partial charge in [-0.05, 0) is 19.8 Å². The third kappa shape index (κ3) is 7.53. The van der Waals surface area contributed by atoms with E-state index in [2.05, 4.69) is 6.92 Å². The number of unbranched alkanes of at least 4 members (excludes halogenated alkanes) is 2. The molecule has 0 aliphatic carbocycles. The Labute approximate surface area is 68.6 Å². The minimum absolute atomic E-state index is 0.0465. The highest BCUT2D eigenvalue weighted by Crippen LogP contribution is 2.04. The maximum Gasteiger partial charge on any atom is 0.132 e. The van der Waals surface area contributed by atoms with Crippen molar-refractivity contribution in [2.75, 3.05) is 0 Å². The summed E-state index contributed by atoms with van der Waals surface area (Å²) in [6.07, 6.45) is 4.68. The number of aliphatic hydroxyl groups excluding tert-OH is 1. The second-order valence-electron chi connectivity index (χ2n) is 2.85. The van der Waals surface area contributed by atoms with Gasteiger partial charge in [-0.1, -0.05) is 19.8 Å². The fourth-order valence-electron chi connectivity index (χ4n) is 0.892. The Hall–Kier alpha value is -0.370. The fraction of sp³-hybridized carbons (Fsp3) is 0.778. The van der Waals surface area contributed by atoms with Gasteiger partial charge in [0, 0.05) is 6.42 Å². The van der Waals surface area contributed by atoms with E-state index >= 15 is 0 Å². The lowest BCUT2D eigenvalue weighted by atomic mass is 10.1. The van der Waals surface area contributed by atoms with Crippen molar-refractivity contribution in [3.8, 4) is 0 Å². The molecule has 1 atom stereocenters. The zero-order valence-electron chi connectivity index (χ0n) is 7.34. The molecule has 0 aromatic carbocycles. The minimum Gasteiger partial charge on any atom is -0.392 e. The minimum atomic E-state index is -0.529. The summed E-state index contributed by atoms with van der Waals surface area (Å²) in [5, 5.41) is 9.17. The van der Waals surface area contributed by atoms with Crippen molar-refractivity contribution < 1.29 is 9.90 Å². The van der Waals surface area contributed by atoms with Gasteiger partial charge in [-0.3, -0.25) is 4.79 Å². The number of Topliss-reactive ketones (excluding diaryl/α,β-unsaturated/α-hetero) is 1. The van der Waals surface area contributed by atoms with Gasteiger partial charge in [0.2, 0.25) is 0 Å². The standard InChI is InChI=1S/C9H17O2/c1-3-4-5-6-9(11)7-8(2)10/h6,9,11H,3-5,7H2,1-2H3. The van der Waals surface area contributed by atoms with Crippen LogP contribution in [0.1, 0.15) is 39.5 Å². The quantitative estimate of drug-likeness (QED) is 0.596. The van der Waals surface area contributed by atoms with Crippen molar-refractivity contribution in [1.82, 2.24) is 0 Å². The van der Waals surface area contributed by atoms with Crippen LogP contribution in [0.15, 0.2) is 0 Å². The third-order valence-corrected chi connectivity index (χ3v) is 1.49. The Morgan fingerprint density at radius 1 is 1.64 bits per heavy atom. The number of hydrogen-bond acceptors (Lipinski definition) is 2. The van der Waals surface area contributed by atoms with E-state index in [0.717, 1.165) is 19.3 Å². The van der Waals surface area contributed by atoms with E-state index in [0.29, 0.717) is 0 Å². The Balaban J connectivity index is 3.22. The van der Waals surface area contributed by atoms with Gasteiger partial charge in [-0.25, -0.2) is 0 Å². The van der Waals surface area contributed by atoms with Crippen molar-refractivity contribution in [1.29, 1.82) is 0 Å². The number of ketones is 1. The van der Waals surface area contributed by atoms with Crippen molar-refractivity contribution in [2.24, 2.45) is 0 Å². The average Bonchev–Trinajstić information content (AvgIpc) is 1.86. The molecule has 0 aromatic rings. The molecule has 0 rings (SSSR count). The normalized spacial score (nSPS) is 13.0. The summed E-state index contributed by atoms with van der Waals surface area (Å²) in [5.74, 6) is 0.0465.